The predicted octanol–water partition coefficient (Wildman–Crippen LogP) is 14.1. The van der Waals surface area contributed by atoms with Crippen LogP contribution in [0.3, 0.4) is 0 Å². The molecule has 4 nitrogen and oxygen atoms in total. The largest absolute Gasteiger partial charge is 0.264 e. The van der Waals surface area contributed by atoms with Crippen molar-refractivity contribution in [3.05, 3.63) is 182 Å². The molecule has 0 amide bonds. The maximum atomic E-state index is 14.2. The zero-order valence-electron chi connectivity index (χ0n) is 30.2. The van der Waals surface area contributed by atoms with Crippen LogP contribution in [0.2, 0.25) is 0 Å². The van der Waals surface area contributed by atoms with Crippen LogP contribution in [0.15, 0.2) is 176 Å². The first kappa shape index (κ1) is 33.4. The second-order valence-electron chi connectivity index (χ2n) is 14.1. The maximum Gasteiger partial charge on any atom is 0.164 e. The minimum Gasteiger partial charge on any atom is -0.264 e. The van der Waals surface area contributed by atoms with E-state index in [4.69, 9.17) is 15.0 Å². The van der Waals surface area contributed by atoms with Crippen molar-refractivity contribution in [2.24, 2.45) is 0 Å². The van der Waals surface area contributed by atoms with Gasteiger partial charge in [-0.05, 0) is 119 Å². The predicted molar refractivity (Wildman–Crippen MR) is 236 cm³/mol. The third kappa shape index (κ3) is 6.14. The van der Waals surface area contributed by atoms with Crippen molar-refractivity contribution < 1.29 is 4.39 Å². The molecule has 0 radical (unpaired) electrons. The van der Waals surface area contributed by atoms with Gasteiger partial charge in [-0.2, -0.15) is 0 Å². The van der Waals surface area contributed by atoms with Crippen molar-refractivity contribution in [2.45, 2.75) is 0 Å². The summed E-state index contributed by atoms with van der Waals surface area (Å²) in [6.45, 7) is 0. The molecule has 0 saturated heterocycles. The quantitative estimate of drug-likeness (QED) is 0.169. The third-order valence-corrected chi connectivity index (χ3v) is 12.8. The zero-order chi connectivity index (χ0) is 37.9. The van der Waals surface area contributed by atoms with Gasteiger partial charge < -0.3 is 0 Å². The normalized spacial score (nSPS) is 11.6. The number of thiophene rings is 2. The van der Waals surface area contributed by atoms with Crippen molar-refractivity contribution in [1.82, 2.24) is 19.9 Å². The SMILES string of the molecule is Fc1ccc(-c2nc(-c3cccc(-c4cccnc4)c3)nc(-c3cc(-c4ccc5sc6ccccc6c5c4)cc(-c4ccc5sc6ccccc6c5c4)c3)n2)cc1. The van der Waals surface area contributed by atoms with Gasteiger partial charge in [0, 0.05) is 75.0 Å². The molecule has 11 rings (SSSR count). The van der Waals surface area contributed by atoms with Gasteiger partial charge in [0.15, 0.2) is 17.5 Å². The lowest BCUT2D eigenvalue weighted by Gasteiger charge is -2.13. The van der Waals surface area contributed by atoms with Crippen LogP contribution in [0.1, 0.15) is 0 Å². The van der Waals surface area contributed by atoms with Crippen molar-refractivity contribution in [3.63, 3.8) is 0 Å². The van der Waals surface area contributed by atoms with Crippen LogP contribution >= 0.6 is 22.7 Å². The molecular weight excluding hydrogens is 740 g/mol. The minimum absolute atomic E-state index is 0.319. The van der Waals surface area contributed by atoms with Gasteiger partial charge >= 0.3 is 0 Å². The van der Waals surface area contributed by atoms with Crippen LogP contribution in [0.5, 0.6) is 0 Å². The number of benzene rings is 7. The van der Waals surface area contributed by atoms with E-state index in [1.165, 1.54) is 52.5 Å². The first-order valence-electron chi connectivity index (χ1n) is 18.6. The summed E-state index contributed by atoms with van der Waals surface area (Å²) in [5.74, 6) is 1.19. The van der Waals surface area contributed by atoms with E-state index >= 15 is 0 Å². The van der Waals surface area contributed by atoms with E-state index in [-0.39, 0.29) is 5.82 Å². The fourth-order valence-electron chi connectivity index (χ4n) is 7.63. The lowest BCUT2D eigenvalue weighted by molar-refractivity contribution is 0.628. The number of halogens is 1. The van der Waals surface area contributed by atoms with E-state index in [0.717, 1.165) is 44.5 Å². The van der Waals surface area contributed by atoms with Crippen LogP contribution in [-0.4, -0.2) is 19.9 Å². The number of pyridine rings is 1. The first-order chi connectivity index (χ1) is 28.1. The number of hydrogen-bond donors (Lipinski definition) is 0. The maximum absolute atomic E-state index is 14.2. The first-order valence-corrected chi connectivity index (χ1v) is 20.2. The minimum atomic E-state index is -0.319. The highest BCUT2D eigenvalue weighted by molar-refractivity contribution is 7.26. The molecular formula is C50H29FN4S2. The van der Waals surface area contributed by atoms with Gasteiger partial charge in [-0.25, -0.2) is 19.3 Å². The number of nitrogens with zero attached hydrogens (tertiary/aromatic N) is 4. The standard InChI is InChI=1S/C50H29FN4S2/c51-39-18-14-30(15-19-39)48-53-49(34-8-5-7-31(23-34)35-9-6-22-52-29-35)55-50(54-48)38-25-36(32-16-20-46-42(27-32)40-10-1-3-12-44(40)56-46)24-37(26-38)33-17-21-47-43(28-33)41-11-2-4-13-45(41)57-47/h1-29H. The van der Waals surface area contributed by atoms with E-state index in [1.807, 2.05) is 53.1 Å². The molecule has 0 saturated carbocycles. The summed E-state index contributed by atoms with van der Waals surface area (Å²) in [5, 5.41) is 4.98. The molecule has 7 heteroatoms. The second-order valence-corrected chi connectivity index (χ2v) is 16.2. The summed E-state index contributed by atoms with van der Waals surface area (Å²) >= 11 is 3.63. The smallest absolute Gasteiger partial charge is 0.164 e. The van der Waals surface area contributed by atoms with E-state index in [1.54, 1.807) is 18.3 Å². The molecule has 0 unspecified atom stereocenters. The van der Waals surface area contributed by atoms with Gasteiger partial charge in [0.1, 0.15) is 5.82 Å². The molecule has 0 N–H and O–H groups in total. The van der Waals surface area contributed by atoms with E-state index in [2.05, 4.69) is 120 Å². The Labute approximate surface area is 335 Å². The summed E-state index contributed by atoms with van der Waals surface area (Å²) < 4.78 is 19.2. The summed E-state index contributed by atoms with van der Waals surface area (Å²) in [7, 11) is 0. The highest BCUT2D eigenvalue weighted by Crippen LogP contribution is 2.41. The molecule has 0 aliphatic heterocycles. The van der Waals surface area contributed by atoms with Gasteiger partial charge in [-0.3, -0.25) is 4.98 Å². The summed E-state index contributed by atoms with van der Waals surface area (Å²) in [5.41, 5.74) is 8.70. The van der Waals surface area contributed by atoms with Gasteiger partial charge in [0.25, 0.3) is 0 Å². The monoisotopic (exact) mass is 768 g/mol. The molecule has 0 aliphatic rings. The lowest BCUT2D eigenvalue weighted by atomic mass is 9.94. The topological polar surface area (TPSA) is 51.6 Å². The Balaban J connectivity index is 1.13. The highest BCUT2D eigenvalue weighted by Gasteiger charge is 2.17. The van der Waals surface area contributed by atoms with Crippen molar-refractivity contribution in [1.29, 1.82) is 0 Å². The van der Waals surface area contributed by atoms with Crippen molar-refractivity contribution in [3.8, 4) is 67.5 Å². The van der Waals surface area contributed by atoms with Gasteiger partial charge in [0.2, 0.25) is 0 Å². The van der Waals surface area contributed by atoms with E-state index < -0.39 is 0 Å². The van der Waals surface area contributed by atoms with Gasteiger partial charge in [-0.1, -0.05) is 72.8 Å². The van der Waals surface area contributed by atoms with Crippen LogP contribution < -0.4 is 0 Å². The average molecular weight is 769 g/mol. The summed E-state index contributed by atoms with van der Waals surface area (Å²) in [6.07, 6.45) is 3.62. The second kappa shape index (κ2) is 13.7. The van der Waals surface area contributed by atoms with Gasteiger partial charge in [0.05, 0.1) is 0 Å². The molecule has 57 heavy (non-hydrogen) atoms. The van der Waals surface area contributed by atoms with Crippen LogP contribution in [0.4, 0.5) is 4.39 Å². The molecule has 0 fully saturated rings. The summed E-state index contributed by atoms with van der Waals surface area (Å²) in [4.78, 5) is 19.6. The van der Waals surface area contributed by atoms with E-state index in [0.29, 0.717) is 23.0 Å². The molecule has 4 heterocycles. The Morgan fingerprint density at radius 3 is 1.42 bits per heavy atom. The van der Waals surface area contributed by atoms with Gasteiger partial charge in [-0.15, -0.1) is 22.7 Å². The average Bonchev–Trinajstić information content (AvgIpc) is 3.84. The van der Waals surface area contributed by atoms with Crippen molar-refractivity contribution in [2.75, 3.05) is 0 Å². The third-order valence-electron chi connectivity index (χ3n) is 10.5. The van der Waals surface area contributed by atoms with E-state index in [9.17, 15) is 4.39 Å². The fourth-order valence-corrected chi connectivity index (χ4v) is 9.81. The Bertz CT molecular complexity index is 3180. The molecule has 7 aromatic carbocycles. The van der Waals surface area contributed by atoms with Crippen molar-refractivity contribution >= 4 is 63.0 Å². The Morgan fingerprint density at radius 1 is 0.333 bits per heavy atom. The molecule has 0 atom stereocenters. The Hall–Kier alpha value is -6.93. The Morgan fingerprint density at radius 2 is 0.807 bits per heavy atom. The number of hydrogen-bond acceptors (Lipinski definition) is 6. The van der Waals surface area contributed by atoms with Crippen LogP contribution in [0.25, 0.3) is 108 Å². The number of rotatable bonds is 6. The highest BCUT2D eigenvalue weighted by atomic mass is 32.1. The number of aromatic nitrogens is 4. The van der Waals surface area contributed by atoms with Crippen LogP contribution in [-0.2, 0) is 0 Å². The number of fused-ring (bicyclic) bond motifs is 6. The molecule has 268 valence electrons. The zero-order valence-corrected chi connectivity index (χ0v) is 31.9. The van der Waals surface area contributed by atoms with Crippen LogP contribution in [0, 0.1) is 5.82 Å². The molecule has 4 aromatic heterocycles. The molecule has 0 aliphatic carbocycles. The fraction of sp³-hybridized carbons (Fsp3) is 0. The molecule has 11 aromatic rings. The summed E-state index contributed by atoms with van der Waals surface area (Å²) in [6, 6.07) is 55.7. The molecule has 0 bridgehead atoms. The molecule has 0 spiro atoms. The lowest BCUT2D eigenvalue weighted by Crippen LogP contribution is -2.01. The Kier molecular flexibility index (Phi) is 8.01.